The molecule has 0 saturated heterocycles. The van der Waals surface area contributed by atoms with Gasteiger partial charge in [-0.3, -0.25) is 4.79 Å². The fourth-order valence-corrected chi connectivity index (χ4v) is 2.30. The molecule has 0 unspecified atom stereocenters. The van der Waals surface area contributed by atoms with Gasteiger partial charge in [0.2, 0.25) is 0 Å². The highest BCUT2D eigenvalue weighted by molar-refractivity contribution is 5.80. The molecule has 1 heterocycles. The second-order valence-corrected chi connectivity index (χ2v) is 5.88. The summed E-state index contributed by atoms with van der Waals surface area (Å²) >= 11 is 0. The Morgan fingerprint density at radius 1 is 1.62 bits per heavy atom. The maximum Gasteiger partial charge on any atom is 0.293 e. The number of hydrogen-bond acceptors (Lipinski definition) is 5. The van der Waals surface area contributed by atoms with Gasteiger partial charge in [-0.15, -0.1) is 0 Å². The normalized spacial score (nSPS) is 15.5. The molecule has 0 atom stereocenters. The summed E-state index contributed by atoms with van der Waals surface area (Å²) in [5, 5.41) is 11.6. The highest BCUT2D eigenvalue weighted by atomic mass is 16.4. The molecule has 3 N–H and O–H groups in total. The topological polar surface area (TPSA) is 96.7 Å². The van der Waals surface area contributed by atoms with Crippen LogP contribution < -0.4 is 16.2 Å². The summed E-state index contributed by atoms with van der Waals surface area (Å²) in [7, 11) is 0. The van der Waals surface area contributed by atoms with E-state index in [9.17, 15) is 4.79 Å². The van der Waals surface area contributed by atoms with Gasteiger partial charge in [0, 0.05) is 37.9 Å². The van der Waals surface area contributed by atoms with Gasteiger partial charge >= 0.3 is 0 Å². The minimum absolute atomic E-state index is 0.0554. The maximum absolute atomic E-state index is 12.5. The van der Waals surface area contributed by atoms with E-state index < -0.39 is 0 Å². The quantitative estimate of drug-likeness (QED) is 0.340. The monoisotopic (exact) mass is 293 g/mol. The summed E-state index contributed by atoms with van der Waals surface area (Å²) in [6.45, 7) is 5.37. The van der Waals surface area contributed by atoms with E-state index in [-0.39, 0.29) is 11.4 Å². The molecule has 1 aliphatic rings. The Labute approximate surface area is 124 Å². The second-order valence-electron chi connectivity index (χ2n) is 5.88. The number of amidine groups is 1. The van der Waals surface area contributed by atoms with Crippen LogP contribution >= 0.6 is 0 Å². The fraction of sp³-hybridized carbons (Fsp3) is 0.643. The van der Waals surface area contributed by atoms with Crippen LogP contribution in [0.4, 0.5) is 5.82 Å². The Morgan fingerprint density at radius 3 is 2.90 bits per heavy atom. The Kier molecular flexibility index (Phi) is 4.82. The van der Waals surface area contributed by atoms with E-state index in [4.69, 9.17) is 10.9 Å². The first-order valence-corrected chi connectivity index (χ1v) is 7.31. The number of hydrogen-bond donors (Lipinski definition) is 2. The first kappa shape index (κ1) is 15.3. The van der Waals surface area contributed by atoms with Crippen molar-refractivity contribution in [3.8, 4) is 0 Å². The van der Waals surface area contributed by atoms with E-state index in [2.05, 4.69) is 24.0 Å². The molecule has 0 bridgehead atoms. The molecule has 1 aliphatic carbocycles. The summed E-state index contributed by atoms with van der Waals surface area (Å²) < 4.78 is 1.76. The summed E-state index contributed by atoms with van der Waals surface area (Å²) in [5.41, 5.74) is 5.47. The molecule has 21 heavy (non-hydrogen) atoms. The van der Waals surface area contributed by atoms with Crippen molar-refractivity contribution in [1.82, 2.24) is 9.55 Å². The minimum atomic E-state index is -0.0554. The lowest BCUT2D eigenvalue weighted by atomic mass is 10.2. The Bertz CT molecular complexity index is 563. The van der Waals surface area contributed by atoms with Crippen molar-refractivity contribution in [2.75, 3.05) is 18.0 Å². The van der Waals surface area contributed by atoms with E-state index in [0.29, 0.717) is 37.3 Å². The maximum atomic E-state index is 12.5. The Balaban J connectivity index is 2.23. The van der Waals surface area contributed by atoms with Crippen molar-refractivity contribution in [2.24, 2.45) is 16.8 Å². The third kappa shape index (κ3) is 3.96. The largest absolute Gasteiger partial charge is 0.409 e. The number of rotatable bonds is 7. The molecular formula is C14H23N5O2. The van der Waals surface area contributed by atoms with Gasteiger partial charge in [0.25, 0.3) is 5.56 Å². The van der Waals surface area contributed by atoms with Gasteiger partial charge in [0.1, 0.15) is 5.84 Å². The molecule has 1 fully saturated rings. The molecule has 0 aromatic carbocycles. The zero-order valence-corrected chi connectivity index (χ0v) is 12.6. The van der Waals surface area contributed by atoms with Gasteiger partial charge in [-0.05, 0) is 18.8 Å². The van der Waals surface area contributed by atoms with Gasteiger partial charge in [0.15, 0.2) is 5.82 Å². The minimum Gasteiger partial charge on any atom is -0.409 e. The van der Waals surface area contributed by atoms with Gasteiger partial charge in [0.05, 0.1) is 0 Å². The highest BCUT2D eigenvalue weighted by Crippen LogP contribution is 2.33. The zero-order valence-electron chi connectivity index (χ0n) is 12.6. The molecule has 1 aromatic rings. The van der Waals surface area contributed by atoms with Crippen LogP contribution in [0, 0.1) is 5.92 Å². The van der Waals surface area contributed by atoms with Crippen LogP contribution in [-0.4, -0.2) is 33.7 Å². The molecule has 0 radical (unpaired) electrons. The van der Waals surface area contributed by atoms with Gasteiger partial charge in [-0.25, -0.2) is 4.98 Å². The van der Waals surface area contributed by atoms with E-state index in [0.717, 1.165) is 12.8 Å². The molecule has 0 spiro atoms. The van der Waals surface area contributed by atoms with E-state index in [1.165, 1.54) is 0 Å². The molecule has 1 aromatic heterocycles. The van der Waals surface area contributed by atoms with Gasteiger partial charge < -0.3 is 20.4 Å². The highest BCUT2D eigenvalue weighted by Gasteiger charge is 2.26. The van der Waals surface area contributed by atoms with Crippen LogP contribution in [0.25, 0.3) is 0 Å². The van der Waals surface area contributed by atoms with Crippen LogP contribution in [0.3, 0.4) is 0 Å². The van der Waals surface area contributed by atoms with Crippen LogP contribution in [0.15, 0.2) is 22.3 Å². The lowest BCUT2D eigenvalue weighted by molar-refractivity contribution is 0.317. The molecule has 1 saturated carbocycles. The third-order valence-corrected chi connectivity index (χ3v) is 3.44. The number of nitrogens with zero attached hydrogens (tertiary/aromatic N) is 4. The summed E-state index contributed by atoms with van der Waals surface area (Å²) in [5.74, 6) is 0.985. The number of anilines is 1. The SMILES string of the molecule is CC(C)CN(CCC(N)=NO)c1nccn(C2CC2)c1=O. The average molecular weight is 293 g/mol. The molecule has 116 valence electrons. The predicted octanol–water partition coefficient (Wildman–Crippen LogP) is 1.18. The lowest BCUT2D eigenvalue weighted by Crippen LogP contribution is -2.37. The second kappa shape index (κ2) is 6.60. The van der Waals surface area contributed by atoms with Crippen molar-refractivity contribution in [2.45, 2.75) is 39.2 Å². The summed E-state index contributed by atoms with van der Waals surface area (Å²) in [4.78, 5) is 18.7. The Hall–Kier alpha value is -2.05. The van der Waals surface area contributed by atoms with E-state index in [1.54, 1.807) is 17.0 Å². The molecule has 0 aliphatic heterocycles. The third-order valence-electron chi connectivity index (χ3n) is 3.44. The molecule has 7 nitrogen and oxygen atoms in total. The zero-order chi connectivity index (χ0) is 15.4. The fourth-order valence-electron chi connectivity index (χ4n) is 2.30. The first-order valence-electron chi connectivity index (χ1n) is 7.31. The average Bonchev–Trinajstić information content (AvgIpc) is 3.27. The van der Waals surface area contributed by atoms with Crippen molar-refractivity contribution in [1.29, 1.82) is 0 Å². The number of nitrogens with two attached hydrogens (primary N) is 1. The predicted molar refractivity (Wildman–Crippen MR) is 81.8 cm³/mol. The van der Waals surface area contributed by atoms with Crippen LogP contribution in [0.1, 0.15) is 39.2 Å². The first-order chi connectivity index (χ1) is 10.0. The molecular weight excluding hydrogens is 270 g/mol. The van der Waals surface area contributed by atoms with Crippen molar-refractivity contribution < 1.29 is 5.21 Å². The number of aromatic nitrogens is 2. The van der Waals surface area contributed by atoms with Crippen LogP contribution in [-0.2, 0) is 0 Å². The number of oxime groups is 1. The summed E-state index contributed by atoms with van der Waals surface area (Å²) in [6.07, 6.45) is 5.92. The molecule has 2 rings (SSSR count). The van der Waals surface area contributed by atoms with Crippen molar-refractivity contribution >= 4 is 11.7 Å². The molecule has 7 heteroatoms. The Morgan fingerprint density at radius 2 is 2.33 bits per heavy atom. The van der Waals surface area contributed by atoms with Gasteiger partial charge in [-0.2, -0.15) is 0 Å². The lowest BCUT2D eigenvalue weighted by Gasteiger charge is -2.25. The molecule has 0 amide bonds. The van der Waals surface area contributed by atoms with E-state index >= 15 is 0 Å². The van der Waals surface area contributed by atoms with E-state index in [1.807, 2.05) is 4.90 Å². The van der Waals surface area contributed by atoms with Crippen molar-refractivity contribution in [3.63, 3.8) is 0 Å². The summed E-state index contributed by atoms with van der Waals surface area (Å²) in [6, 6.07) is 0.323. The van der Waals surface area contributed by atoms with Gasteiger partial charge in [-0.1, -0.05) is 19.0 Å². The smallest absolute Gasteiger partial charge is 0.293 e. The van der Waals surface area contributed by atoms with Crippen LogP contribution in [0.5, 0.6) is 0 Å². The standard InChI is InChI=1S/C14H23N5O2/c1-10(2)9-18(7-5-12(15)17-21)13-14(20)19(8-6-16-13)11-3-4-11/h6,8,10-11,21H,3-5,7,9H2,1-2H3,(H2,15,17). The van der Waals surface area contributed by atoms with Crippen molar-refractivity contribution in [3.05, 3.63) is 22.7 Å². The van der Waals surface area contributed by atoms with Crippen LogP contribution in [0.2, 0.25) is 0 Å².